The average molecular weight is 291 g/mol. The predicted molar refractivity (Wildman–Crippen MR) is 86.9 cm³/mol. The molecule has 1 aromatic carbocycles. The van der Waals surface area contributed by atoms with Crippen molar-refractivity contribution in [2.45, 2.75) is 49.8 Å². The SMILES string of the molecule is CNC(CCc1ccc2c(c1)CCO2)C1(C)CCCS1. The third-order valence-corrected chi connectivity index (χ3v) is 6.45. The molecule has 0 bridgehead atoms. The van der Waals surface area contributed by atoms with Gasteiger partial charge in [0.2, 0.25) is 0 Å². The monoisotopic (exact) mass is 291 g/mol. The lowest BCUT2D eigenvalue weighted by Crippen LogP contribution is -2.43. The van der Waals surface area contributed by atoms with Gasteiger partial charge in [0.05, 0.1) is 6.61 Å². The van der Waals surface area contributed by atoms with Crippen molar-refractivity contribution in [3.63, 3.8) is 0 Å². The molecule has 2 aliphatic heterocycles. The molecule has 1 saturated heterocycles. The Bertz CT molecular complexity index is 468. The molecule has 0 aromatic heterocycles. The van der Waals surface area contributed by atoms with E-state index in [1.165, 1.54) is 36.1 Å². The average Bonchev–Trinajstić information content (AvgIpc) is 3.08. The predicted octanol–water partition coefficient (Wildman–Crippen LogP) is 3.43. The molecule has 0 spiro atoms. The zero-order chi connectivity index (χ0) is 14.0. The molecule has 1 aromatic rings. The van der Waals surface area contributed by atoms with E-state index in [0.29, 0.717) is 10.8 Å². The molecule has 1 N–H and O–H groups in total. The second-order valence-electron chi connectivity index (χ2n) is 6.19. The second kappa shape index (κ2) is 5.98. The molecule has 0 amide bonds. The molecule has 0 saturated carbocycles. The van der Waals surface area contributed by atoms with Crippen molar-refractivity contribution >= 4 is 11.8 Å². The minimum Gasteiger partial charge on any atom is -0.493 e. The molecule has 0 radical (unpaired) electrons. The number of rotatable bonds is 5. The van der Waals surface area contributed by atoms with Crippen LogP contribution >= 0.6 is 11.8 Å². The fraction of sp³-hybridized carbons (Fsp3) is 0.647. The summed E-state index contributed by atoms with van der Waals surface area (Å²) < 4.78 is 6.01. The lowest BCUT2D eigenvalue weighted by atomic mass is 9.91. The summed E-state index contributed by atoms with van der Waals surface area (Å²) in [5.74, 6) is 2.42. The van der Waals surface area contributed by atoms with Crippen molar-refractivity contribution in [2.24, 2.45) is 0 Å². The van der Waals surface area contributed by atoms with Gasteiger partial charge in [0, 0.05) is 17.2 Å². The number of thioether (sulfide) groups is 1. The minimum atomic E-state index is 0.425. The van der Waals surface area contributed by atoms with Gasteiger partial charge in [0.15, 0.2) is 0 Å². The van der Waals surface area contributed by atoms with E-state index in [1.54, 1.807) is 0 Å². The molecular formula is C17H25NOS. The normalized spacial score (nSPS) is 26.3. The number of hydrogen-bond acceptors (Lipinski definition) is 3. The summed E-state index contributed by atoms with van der Waals surface area (Å²) in [7, 11) is 2.12. The molecule has 20 heavy (non-hydrogen) atoms. The van der Waals surface area contributed by atoms with Crippen molar-refractivity contribution in [1.82, 2.24) is 5.32 Å². The van der Waals surface area contributed by atoms with Crippen LogP contribution in [0.1, 0.15) is 37.3 Å². The Hall–Kier alpha value is -0.670. The molecule has 2 unspecified atom stereocenters. The number of aryl methyl sites for hydroxylation is 1. The van der Waals surface area contributed by atoms with E-state index in [1.807, 2.05) is 0 Å². The first kappa shape index (κ1) is 14.3. The highest BCUT2D eigenvalue weighted by molar-refractivity contribution is 8.00. The maximum Gasteiger partial charge on any atom is 0.122 e. The first-order chi connectivity index (χ1) is 9.71. The van der Waals surface area contributed by atoms with Crippen LogP contribution in [0.3, 0.4) is 0 Å². The number of hydrogen-bond donors (Lipinski definition) is 1. The van der Waals surface area contributed by atoms with Crippen molar-refractivity contribution in [3.05, 3.63) is 29.3 Å². The van der Waals surface area contributed by atoms with Crippen LogP contribution in [0.2, 0.25) is 0 Å². The molecule has 2 atom stereocenters. The van der Waals surface area contributed by atoms with Gasteiger partial charge in [-0.25, -0.2) is 0 Å². The Labute approximate surface area is 126 Å². The van der Waals surface area contributed by atoms with E-state index >= 15 is 0 Å². The highest BCUT2D eigenvalue weighted by Gasteiger charge is 2.36. The van der Waals surface area contributed by atoms with E-state index in [0.717, 1.165) is 25.2 Å². The second-order valence-corrected chi connectivity index (χ2v) is 7.81. The van der Waals surface area contributed by atoms with Crippen molar-refractivity contribution < 1.29 is 4.74 Å². The highest BCUT2D eigenvalue weighted by atomic mass is 32.2. The number of fused-ring (bicyclic) bond motifs is 1. The van der Waals surface area contributed by atoms with Crippen LogP contribution in [0.15, 0.2) is 18.2 Å². The summed E-state index contributed by atoms with van der Waals surface area (Å²) in [5, 5.41) is 3.56. The van der Waals surface area contributed by atoms with Gasteiger partial charge in [-0.3, -0.25) is 0 Å². The van der Waals surface area contributed by atoms with Gasteiger partial charge < -0.3 is 10.1 Å². The third-order valence-electron chi connectivity index (χ3n) is 4.81. The van der Waals surface area contributed by atoms with Gasteiger partial charge >= 0.3 is 0 Å². The van der Waals surface area contributed by atoms with Crippen molar-refractivity contribution in [3.8, 4) is 5.75 Å². The van der Waals surface area contributed by atoms with E-state index in [2.05, 4.69) is 49.2 Å². The van der Waals surface area contributed by atoms with Crippen molar-refractivity contribution in [2.75, 3.05) is 19.4 Å². The van der Waals surface area contributed by atoms with Crippen LogP contribution < -0.4 is 10.1 Å². The lowest BCUT2D eigenvalue weighted by Gasteiger charge is -2.33. The molecule has 2 heterocycles. The minimum absolute atomic E-state index is 0.425. The molecule has 1 fully saturated rings. The van der Waals surface area contributed by atoms with Gasteiger partial charge in [-0.05, 0) is 62.6 Å². The van der Waals surface area contributed by atoms with E-state index in [-0.39, 0.29) is 0 Å². The zero-order valence-electron chi connectivity index (χ0n) is 12.6. The van der Waals surface area contributed by atoms with E-state index < -0.39 is 0 Å². The molecule has 3 rings (SSSR count). The number of benzene rings is 1. The highest BCUT2D eigenvalue weighted by Crippen LogP contribution is 2.41. The van der Waals surface area contributed by atoms with Crippen LogP contribution in [0.4, 0.5) is 0 Å². The van der Waals surface area contributed by atoms with E-state index in [4.69, 9.17) is 4.74 Å². The molecule has 2 aliphatic rings. The fourth-order valence-electron chi connectivity index (χ4n) is 3.54. The third kappa shape index (κ3) is 2.84. The Balaban J connectivity index is 1.63. The molecule has 110 valence electrons. The van der Waals surface area contributed by atoms with Gasteiger partial charge in [-0.2, -0.15) is 11.8 Å². The lowest BCUT2D eigenvalue weighted by molar-refractivity contribution is 0.356. The quantitative estimate of drug-likeness (QED) is 0.898. The van der Waals surface area contributed by atoms with Gasteiger partial charge in [0.25, 0.3) is 0 Å². The van der Waals surface area contributed by atoms with Crippen LogP contribution in [0.25, 0.3) is 0 Å². The fourth-order valence-corrected chi connectivity index (χ4v) is 5.02. The van der Waals surface area contributed by atoms with Crippen molar-refractivity contribution in [1.29, 1.82) is 0 Å². The molecule has 0 aliphatic carbocycles. The summed E-state index contributed by atoms with van der Waals surface area (Å²) >= 11 is 2.15. The largest absolute Gasteiger partial charge is 0.493 e. The Morgan fingerprint density at radius 1 is 1.45 bits per heavy atom. The first-order valence-corrected chi connectivity index (χ1v) is 8.76. The summed E-state index contributed by atoms with van der Waals surface area (Å²) in [6.45, 7) is 3.29. The number of ether oxygens (including phenoxy) is 1. The molecular weight excluding hydrogens is 266 g/mol. The Morgan fingerprint density at radius 2 is 2.35 bits per heavy atom. The van der Waals surface area contributed by atoms with Crippen LogP contribution in [-0.2, 0) is 12.8 Å². The summed E-state index contributed by atoms with van der Waals surface area (Å²) in [4.78, 5) is 0. The zero-order valence-corrected chi connectivity index (χ0v) is 13.4. The van der Waals surface area contributed by atoms with Crippen LogP contribution in [0, 0.1) is 0 Å². The van der Waals surface area contributed by atoms with E-state index in [9.17, 15) is 0 Å². The first-order valence-electron chi connectivity index (χ1n) is 7.77. The Kier molecular flexibility index (Phi) is 4.27. The maximum atomic E-state index is 5.58. The standard InChI is InChI=1S/C17H25NOS/c1-17(9-3-11-20-17)16(18-2)7-5-13-4-6-15-14(12-13)8-10-19-15/h4,6,12,16,18H,3,5,7-11H2,1-2H3. The summed E-state index contributed by atoms with van der Waals surface area (Å²) in [6, 6.07) is 7.35. The maximum absolute atomic E-state index is 5.58. The molecule has 2 nitrogen and oxygen atoms in total. The van der Waals surface area contributed by atoms with Gasteiger partial charge in [-0.1, -0.05) is 12.1 Å². The topological polar surface area (TPSA) is 21.3 Å². The van der Waals surface area contributed by atoms with Gasteiger partial charge in [0.1, 0.15) is 5.75 Å². The van der Waals surface area contributed by atoms with Crippen LogP contribution in [0.5, 0.6) is 5.75 Å². The Morgan fingerprint density at radius 3 is 3.10 bits per heavy atom. The molecule has 3 heteroatoms. The summed E-state index contributed by atoms with van der Waals surface area (Å²) in [5.41, 5.74) is 2.85. The number of nitrogens with one attached hydrogen (secondary N) is 1. The smallest absolute Gasteiger partial charge is 0.122 e. The summed E-state index contributed by atoms with van der Waals surface area (Å²) in [6.07, 6.45) is 6.18. The van der Waals surface area contributed by atoms with Gasteiger partial charge in [-0.15, -0.1) is 0 Å². The van der Waals surface area contributed by atoms with Crippen LogP contribution in [-0.4, -0.2) is 30.2 Å².